The summed E-state index contributed by atoms with van der Waals surface area (Å²) in [6.45, 7) is 3.46. The summed E-state index contributed by atoms with van der Waals surface area (Å²) >= 11 is 0. The van der Waals surface area contributed by atoms with Crippen molar-refractivity contribution in [1.29, 1.82) is 0 Å². The molecule has 2 amide bonds. The number of rotatable bonds is 6. The van der Waals surface area contributed by atoms with Gasteiger partial charge in [0.15, 0.2) is 0 Å². The van der Waals surface area contributed by atoms with Gasteiger partial charge in [0, 0.05) is 7.11 Å². The molecule has 0 aromatic rings. The summed E-state index contributed by atoms with van der Waals surface area (Å²) in [5.74, 6) is -0.345. The van der Waals surface area contributed by atoms with Crippen LogP contribution in [-0.4, -0.2) is 39.0 Å². The summed E-state index contributed by atoms with van der Waals surface area (Å²) in [6, 6.07) is 0. The van der Waals surface area contributed by atoms with Crippen LogP contribution in [0.1, 0.15) is 0 Å². The number of hydrogen-bond donors (Lipinski definition) is 2. The van der Waals surface area contributed by atoms with E-state index < -0.39 is 6.09 Å². The van der Waals surface area contributed by atoms with Gasteiger partial charge < -0.3 is 20.1 Å². The van der Waals surface area contributed by atoms with Crippen molar-refractivity contribution in [2.75, 3.05) is 27.0 Å². The predicted molar refractivity (Wildman–Crippen MR) is 49.6 cm³/mol. The number of nitrogens with one attached hydrogen (secondary N) is 2. The van der Waals surface area contributed by atoms with Crippen LogP contribution < -0.4 is 10.6 Å². The number of methoxy groups -OCH3 is 1. The van der Waals surface area contributed by atoms with Gasteiger partial charge >= 0.3 is 6.09 Å². The first kappa shape index (κ1) is 12.4. The van der Waals surface area contributed by atoms with Crippen molar-refractivity contribution >= 4 is 12.0 Å². The van der Waals surface area contributed by atoms with Crippen LogP contribution in [0.2, 0.25) is 0 Å². The van der Waals surface area contributed by atoms with Gasteiger partial charge in [-0.25, -0.2) is 4.79 Å². The summed E-state index contributed by atoms with van der Waals surface area (Å²) in [7, 11) is 1.45. The van der Waals surface area contributed by atoms with Crippen molar-refractivity contribution in [3.05, 3.63) is 12.7 Å². The molecule has 0 aliphatic heterocycles. The number of alkyl carbamates (subject to hydrolysis) is 1. The topological polar surface area (TPSA) is 76.7 Å². The third-order valence-electron chi connectivity index (χ3n) is 1.14. The second-order valence-electron chi connectivity index (χ2n) is 2.27. The Kier molecular flexibility index (Phi) is 7.16. The van der Waals surface area contributed by atoms with E-state index in [1.807, 2.05) is 0 Å². The van der Waals surface area contributed by atoms with Crippen LogP contribution in [0.5, 0.6) is 0 Å². The predicted octanol–water partition coefficient (Wildman–Crippen LogP) is -0.381. The smallest absolute Gasteiger partial charge is 0.407 e. The first-order valence-corrected chi connectivity index (χ1v) is 3.98. The van der Waals surface area contributed by atoms with Gasteiger partial charge in [-0.05, 0) is 0 Å². The molecule has 0 aliphatic rings. The molecule has 0 atom stereocenters. The molecule has 0 unspecified atom stereocenters. The third kappa shape index (κ3) is 7.11. The van der Waals surface area contributed by atoms with E-state index in [4.69, 9.17) is 0 Å². The molecule has 0 fully saturated rings. The fraction of sp³-hybridized carbons (Fsp3) is 0.500. The molecule has 0 aromatic carbocycles. The zero-order valence-corrected chi connectivity index (χ0v) is 8.04. The van der Waals surface area contributed by atoms with E-state index in [1.165, 1.54) is 13.2 Å². The van der Waals surface area contributed by atoms with Crippen molar-refractivity contribution in [3.8, 4) is 0 Å². The van der Waals surface area contributed by atoms with Crippen LogP contribution >= 0.6 is 0 Å². The van der Waals surface area contributed by atoms with E-state index >= 15 is 0 Å². The molecule has 6 nitrogen and oxygen atoms in total. The van der Waals surface area contributed by atoms with Gasteiger partial charge in [-0.3, -0.25) is 4.79 Å². The molecule has 2 N–H and O–H groups in total. The van der Waals surface area contributed by atoms with E-state index in [0.717, 1.165) is 0 Å². The standard InChI is InChI=1S/C8H14N2O4/c1-3-4-14-8(12)9-5-7(11)10-6-13-2/h3H,1,4-6H2,2H3,(H,9,12)(H,10,11). The minimum Gasteiger partial charge on any atom is -0.445 e. The molecule has 14 heavy (non-hydrogen) atoms. The Bertz CT molecular complexity index is 206. The molecule has 0 saturated heterocycles. The van der Waals surface area contributed by atoms with E-state index in [2.05, 4.69) is 26.7 Å². The van der Waals surface area contributed by atoms with E-state index in [1.54, 1.807) is 0 Å². The maximum absolute atomic E-state index is 10.9. The molecular formula is C8H14N2O4. The molecule has 0 heterocycles. The third-order valence-corrected chi connectivity index (χ3v) is 1.14. The number of hydrogen-bond acceptors (Lipinski definition) is 4. The highest BCUT2D eigenvalue weighted by Gasteiger charge is 2.04. The molecule has 0 saturated carbocycles. The van der Waals surface area contributed by atoms with Gasteiger partial charge in [-0.1, -0.05) is 12.7 Å². The Morgan fingerprint density at radius 3 is 2.71 bits per heavy atom. The second kappa shape index (κ2) is 8.06. The van der Waals surface area contributed by atoms with Gasteiger partial charge in [0.2, 0.25) is 5.91 Å². The highest BCUT2D eigenvalue weighted by atomic mass is 16.5. The van der Waals surface area contributed by atoms with Crippen molar-refractivity contribution < 1.29 is 19.1 Å². The number of amides is 2. The lowest BCUT2D eigenvalue weighted by Gasteiger charge is -2.05. The SMILES string of the molecule is C=CCOC(=O)NCC(=O)NCOC. The summed E-state index contributed by atoms with van der Waals surface area (Å²) in [5, 5.41) is 4.64. The minimum atomic E-state index is -0.655. The Labute approximate surface area is 82.3 Å². The fourth-order valence-electron chi connectivity index (χ4n) is 0.553. The summed E-state index contributed by atoms with van der Waals surface area (Å²) in [5.41, 5.74) is 0. The monoisotopic (exact) mass is 202 g/mol. The lowest BCUT2D eigenvalue weighted by atomic mass is 10.6. The highest BCUT2D eigenvalue weighted by molar-refractivity contribution is 5.81. The van der Waals surface area contributed by atoms with E-state index in [0.29, 0.717) is 0 Å². The molecule has 0 spiro atoms. The molecule has 0 rings (SSSR count). The molecule has 0 aliphatic carbocycles. The van der Waals surface area contributed by atoms with E-state index in [9.17, 15) is 9.59 Å². The van der Waals surface area contributed by atoms with E-state index in [-0.39, 0.29) is 25.8 Å². The molecule has 0 radical (unpaired) electrons. The summed E-state index contributed by atoms with van der Waals surface area (Å²) < 4.78 is 9.16. The lowest BCUT2D eigenvalue weighted by molar-refractivity contribution is -0.121. The Balaban J connectivity index is 3.45. The number of carbonyl (C=O) groups is 2. The molecule has 80 valence electrons. The first-order valence-electron chi connectivity index (χ1n) is 3.98. The molecule has 0 bridgehead atoms. The Morgan fingerprint density at radius 2 is 2.14 bits per heavy atom. The average molecular weight is 202 g/mol. The zero-order chi connectivity index (χ0) is 10.8. The van der Waals surface area contributed by atoms with Gasteiger partial charge in [0.25, 0.3) is 0 Å². The number of carbonyl (C=O) groups excluding carboxylic acids is 2. The highest BCUT2D eigenvalue weighted by Crippen LogP contribution is 1.77. The van der Waals surface area contributed by atoms with Gasteiger partial charge in [0.1, 0.15) is 19.9 Å². The quantitative estimate of drug-likeness (QED) is 0.454. The maximum Gasteiger partial charge on any atom is 0.407 e. The Morgan fingerprint density at radius 1 is 1.43 bits per heavy atom. The van der Waals surface area contributed by atoms with Gasteiger partial charge in [0.05, 0.1) is 0 Å². The minimum absolute atomic E-state index is 0.113. The number of ether oxygens (including phenoxy) is 2. The second-order valence-corrected chi connectivity index (χ2v) is 2.27. The van der Waals surface area contributed by atoms with Crippen LogP contribution in [0.3, 0.4) is 0 Å². The fourth-order valence-corrected chi connectivity index (χ4v) is 0.553. The molecular weight excluding hydrogens is 188 g/mol. The van der Waals surface area contributed by atoms with Crippen molar-refractivity contribution in [3.63, 3.8) is 0 Å². The summed E-state index contributed by atoms with van der Waals surface area (Å²) in [4.78, 5) is 21.7. The van der Waals surface area contributed by atoms with Crippen LogP contribution in [0.4, 0.5) is 4.79 Å². The van der Waals surface area contributed by atoms with Gasteiger partial charge in [-0.2, -0.15) is 0 Å². The van der Waals surface area contributed by atoms with Gasteiger partial charge in [-0.15, -0.1) is 0 Å². The lowest BCUT2D eigenvalue weighted by Crippen LogP contribution is -2.37. The summed E-state index contributed by atoms with van der Waals surface area (Å²) in [6.07, 6.45) is 0.780. The maximum atomic E-state index is 10.9. The first-order chi connectivity index (χ1) is 6.70. The Hall–Kier alpha value is -1.56. The molecule has 0 aromatic heterocycles. The molecule has 6 heteroatoms. The van der Waals surface area contributed by atoms with Crippen LogP contribution in [-0.2, 0) is 14.3 Å². The van der Waals surface area contributed by atoms with Crippen molar-refractivity contribution in [2.45, 2.75) is 0 Å². The zero-order valence-electron chi connectivity index (χ0n) is 8.04. The average Bonchev–Trinajstić information content (AvgIpc) is 2.20. The van der Waals surface area contributed by atoms with Crippen molar-refractivity contribution in [2.24, 2.45) is 0 Å². The van der Waals surface area contributed by atoms with Crippen LogP contribution in [0.25, 0.3) is 0 Å². The van der Waals surface area contributed by atoms with Crippen LogP contribution in [0.15, 0.2) is 12.7 Å². The van der Waals surface area contributed by atoms with Crippen LogP contribution in [0, 0.1) is 0 Å². The normalized spacial score (nSPS) is 8.93. The largest absolute Gasteiger partial charge is 0.445 e. The van der Waals surface area contributed by atoms with Crippen molar-refractivity contribution in [1.82, 2.24) is 10.6 Å².